The van der Waals surface area contributed by atoms with Gasteiger partial charge in [-0.1, -0.05) is 349 Å². The monoisotopic (exact) mass is 1400 g/mol. The number of aliphatic hydroxyl groups is 1. The third-order valence-electron chi connectivity index (χ3n) is 18.1. The lowest BCUT2D eigenvalue weighted by Crippen LogP contribution is -2.30. The van der Waals surface area contributed by atoms with Gasteiger partial charge in [0.05, 0.1) is 26.4 Å². The molecule has 0 spiro atoms. The molecule has 0 amide bonds. The summed E-state index contributed by atoms with van der Waals surface area (Å²) in [7, 11) is -9.91. The van der Waals surface area contributed by atoms with E-state index in [9.17, 15) is 43.2 Å². The van der Waals surface area contributed by atoms with E-state index < -0.39 is 97.5 Å². The minimum Gasteiger partial charge on any atom is -0.462 e. The molecule has 0 bridgehead atoms. The van der Waals surface area contributed by atoms with Gasteiger partial charge in [0.1, 0.15) is 19.3 Å². The first-order valence-corrected chi connectivity index (χ1v) is 42.7. The molecule has 0 saturated heterocycles. The number of phosphoric ester groups is 2. The normalized spacial score (nSPS) is 14.2. The molecular formula is C76H148O17P2. The van der Waals surface area contributed by atoms with Gasteiger partial charge in [0.25, 0.3) is 0 Å². The van der Waals surface area contributed by atoms with Crippen LogP contribution < -0.4 is 0 Å². The Bertz CT molecular complexity index is 1820. The summed E-state index contributed by atoms with van der Waals surface area (Å²) in [5, 5.41) is 10.6. The van der Waals surface area contributed by atoms with Crippen molar-refractivity contribution in [1.82, 2.24) is 0 Å². The highest BCUT2D eigenvalue weighted by molar-refractivity contribution is 7.47. The minimum absolute atomic E-state index is 0.106. The van der Waals surface area contributed by atoms with Crippen LogP contribution in [0.1, 0.15) is 401 Å². The molecule has 0 fully saturated rings. The Labute approximate surface area is 581 Å². The van der Waals surface area contributed by atoms with Crippen LogP contribution in [-0.4, -0.2) is 96.7 Å². The van der Waals surface area contributed by atoms with Gasteiger partial charge in [0.15, 0.2) is 12.2 Å². The quantitative estimate of drug-likeness (QED) is 0.0222. The van der Waals surface area contributed by atoms with E-state index in [1.807, 2.05) is 0 Å². The van der Waals surface area contributed by atoms with Gasteiger partial charge in [-0.3, -0.25) is 37.3 Å². The van der Waals surface area contributed by atoms with E-state index in [0.29, 0.717) is 25.7 Å². The standard InChI is InChI=1S/C76H148O17P2/c1-6-10-13-16-19-22-25-27-29-31-32-34-36-39-42-45-52-57-62-76(81)92-71(65-86-73(78)59-54-49-43-40-38-35-33-30-28-26-23-20-17-14-11-7-2)67-90-94(82,83)88-63-70(77)64-89-95(84,85)91-68-72(66-87-74(79)60-55-50-47-46-48-53-58-69(5)9-4)93-75(80)61-56-51-44-41-37-24-21-18-15-12-8-3/h69-72,77H,6-68H2,1-5H3,(H,82,83)(H,84,85)/t69?,70-,71-,72-/m1/s1. The summed E-state index contributed by atoms with van der Waals surface area (Å²) in [6, 6.07) is 0. The van der Waals surface area contributed by atoms with E-state index in [1.165, 1.54) is 218 Å². The van der Waals surface area contributed by atoms with Crippen LogP contribution in [0, 0.1) is 5.92 Å². The number of rotatable bonds is 76. The van der Waals surface area contributed by atoms with Crippen LogP contribution in [0.5, 0.6) is 0 Å². The van der Waals surface area contributed by atoms with Crippen LogP contribution in [0.15, 0.2) is 0 Å². The molecule has 17 nitrogen and oxygen atoms in total. The van der Waals surface area contributed by atoms with Crippen LogP contribution in [0.3, 0.4) is 0 Å². The topological polar surface area (TPSA) is 237 Å². The second-order valence-electron chi connectivity index (χ2n) is 27.6. The first kappa shape index (κ1) is 93.1. The maximum atomic E-state index is 13.1. The van der Waals surface area contributed by atoms with E-state index in [0.717, 1.165) is 102 Å². The minimum atomic E-state index is -4.96. The number of ether oxygens (including phenoxy) is 4. The molecule has 0 aliphatic rings. The molecular weight excluding hydrogens is 1250 g/mol. The molecule has 0 aromatic heterocycles. The fraction of sp³-hybridized carbons (Fsp3) is 0.947. The third kappa shape index (κ3) is 69.0. The maximum absolute atomic E-state index is 13.1. The number of carbonyl (C=O) groups excluding carboxylic acids is 4. The van der Waals surface area contributed by atoms with Gasteiger partial charge in [0, 0.05) is 25.7 Å². The van der Waals surface area contributed by atoms with Crippen molar-refractivity contribution in [3.63, 3.8) is 0 Å². The van der Waals surface area contributed by atoms with Crippen molar-refractivity contribution in [1.29, 1.82) is 0 Å². The molecule has 564 valence electrons. The van der Waals surface area contributed by atoms with Crippen LogP contribution in [0.4, 0.5) is 0 Å². The zero-order valence-electron chi connectivity index (χ0n) is 61.8. The Morgan fingerprint density at radius 1 is 0.295 bits per heavy atom. The predicted octanol–water partition coefficient (Wildman–Crippen LogP) is 22.5. The van der Waals surface area contributed by atoms with Gasteiger partial charge in [-0.15, -0.1) is 0 Å². The first-order valence-electron chi connectivity index (χ1n) is 39.7. The van der Waals surface area contributed by atoms with Crippen molar-refractivity contribution in [2.24, 2.45) is 5.92 Å². The first-order chi connectivity index (χ1) is 46.1. The second kappa shape index (κ2) is 69.2. The lowest BCUT2D eigenvalue weighted by molar-refractivity contribution is -0.161. The number of hydrogen-bond acceptors (Lipinski definition) is 15. The second-order valence-corrected chi connectivity index (χ2v) is 30.5. The van der Waals surface area contributed by atoms with Crippen LogP contribution in [0.2, 0.25) is 0 Å². The average molecular weight is 1400 g/mol. The van der Waals surface area contributed by atoms with E-state index in [2.05, 4.69) is 34.6 Å². The van der Waals surface area contributed by atoms with Gasteiger partial charge in [-0.25, -0.2) is 9.13 Å². The Balaban J connectivity index is 5.23. The zero-order chi connectivity index (χ0) is 69.8. The third-order valence-corrected chi connectivity index (χ3v) is 20.0. The van der Waals surface area contributed by atoms with Crippen LogP contribution >= 0.6 is 15.6 Å². The number of phosphoric acid groups is 2. The summed E-state index contributed by atoms with van der Waals surface area (Å²) in [6.07, 6.45) is 58.3. The SMILES string of the molecule is CCCCCCCCCCCCCCCCCCCCC(=O)O[C@H](COC(=O)CCCCCCCCCCCCCCCCCC)COP(=O)(O)OC[C@@H](O)COP(=O)(O)OC[C@@H](COC(=O)CCCCCCCCC(C)CC)OC(=O)CCCCCCCCCCCCC. The zero-order valence-corrected chi connectivity index (χ0v) is 63.6. The molecule has 0 aromatic rings. The summed E-state index contributed by atoms with van der Waals surface area (Å²) in [4.78, 5) is 72.8. The smallest absolute Gasteiger partial charge is 0.462 e. The van der Waals surface area contributed by atoms with Gasteiger partial charge in [-0.05, 0) is 31.6 Å². The maximum Gasteiger partial charge on any atom is 0.472 e. The molecule has 0 saturated carbocycles. The average Bonchev–Trinajstić information content (AvgIpc) is 2.77. The lowest BCUT2D eigenvalue weighted by Gasteiger charge is -2.21. The number of carbonyl (C=O) groups is 4. The van der Waals surface area contributed by atoms with E-state index in [1.54, 1.807) is 0 Å². The van der Waals surface area contributed by atoms with Gasteiger partial charge >= 0.3 is 39.5 Å². The predicted molar refractivity (Wildman–Crippen MR) is 386 cm³/mol. The number of aliphatic hydroxyl groups excluding tert-OH is 1. The fourth-order valence-electron chi connectivity index (χ4n) is 11.7. The summed E-state index contributed by atoms with van der Waals surface area (Å²) in [6.45, 7) is 7.25. The number of unbranched alkanes of at least 4 members (excludes halogenated alkanes) is 47. The number of esters is 4. The molecule has 3 N–H and O–H groups in total. The Morgan fingerprint density at radius 2 is 0.505 bits per heavy atom. The summed E-state index contributed by atoms with van der Waals surface area (Å²) >= 11 is 0. The van der Waals surface area contributed by atoms with Crippen molar-refractivity contribution >= 4 is 39.5 Å². The summed E-state index contributed by atoms with van der Waals surface area (Å²) < 4.78 is 68.5. The highest BCUT2D eigenvalue weighted by Crippen LogP contribution is 2.45. The van der Waals surface area contributed by atoms with Crippen LogP contribution in [-0.2, 0) is 65.4 Å². The fourth-order valence-corrected chi connectivity index (χ4v) is 13.3. The summed E-state index contributed by atoms with van der Waals surface area (Å²) in [5.74, 6) is -1.38. The van der Waals surface area contributed by atoms with Gasteiger partial charge in [-0.2, -0.15) is 0 Å². The van der Waals surface area contributed by atoms with Crippen molar-refractivity contribution in [2.45, 2.75) is 419 Å². The molecule has 0 aliphatic heterocycles. The van der Waals surface area contributed by atoms with E-state index in [4.69, 9.17) is 37.0 Å². The molecule has 19 heteroatoms. The van der Waals surface area contributed by atoms with Gasteiger partial charge in [0.2, 0.25) is 0 Å². The van der Waals surface area contributed by atoms with Gasteiger partial charge < -0.3 is 33.8 Å². The van der Waals surface area contributed by atoms with Crippen molar-refractivity contribution in [2.75, 3.05) is 39.6 Å². The molecule has 0 heterocycles. The van der Waals surface area contributed by atoms with Crippen LogP contribution in [0.25, 0.3) is 0 Å². The molecule has 95 heavy (non-hydrogen) atoms. The molecule has 3 unspecified atom stereocenters. The highest BCUT2D eigenvalue weighted by atomic mass is 31.2. The van der Waals surface area contributed by atoms with E-state index in [-0.39, 0.29) is 25.7 Å². The molecule has 0 radical (unpaired) electrons. The van der Waals surface area contributed by atoms with Crippen molar-refractivity contribution in [3.8, 4) is 0 Å². The van der Waals surface area contributed by atoms with Crippen molar-refractivity contribution in [3.05, 3.63) is 0 Å². The Kier molecular flexibility index (Phi) is 67.7. The lowest BCUT2D eigenvalue weighted by atomic mass is 10.00. The largest absolute Gasteiger partial charge is 0.472 e. The molecule has 0 rings (SSSR count). The highest BCUT2D eigenvalue weighted by Gasteiger charge is 2.30. The summed E-state index contributed by atoms with van der Waals surface area (Å²) in [5.41, 5.74) is 0. The molecule has 6 atom stereocenters. The Morgan fingerprint density at radius 3 is 0.747 bits per heavy atom. The Hall–Kier alpha value is -1.94. The molecule has 0 aliphatic carbocycles. The number of hydrogen-bond donors (Lipinski definition) is 3. The van der Waals surface area contributed by atoms with Crippen molar-refractivity contribution < 1.29 is 80.2 Å². The molecule has 0 aromatic carbocycles. The van der Waals surface area contributed by atoms with E-state index >= 15 is 0 Å².